The van der Waals surface area contributed by atoms with Crippen molar-refractivity contribution < 1.29 is 14.3 Å². The van der Waals surface area contributed by atoms with E-state index in [0.717, 1.165) is 12.8 Å². The highest BCUT2D eigenvalue weighted by molar-refractivity contribution is 9.10. The molecule has 3 nitrogen and oxygen atoms in total. The van der Waals surface area contributed by atoms with Crippen molar-refractivity contribution in [1.29, 1.82) is 0 Å². The maximum absolute atomic E-state index is 13.5. The fraction of sp³-hybridized carbons (Fsp3) is 0.500. The summed E-state index contributed by atoms with van der Waals surface area (Å²) in [4.78, 5) is 14.1. The van der Waals surface area contributed by atoms with Crippen LogP contribution in [0.15, 0.2) is 22.7 Å². The molecule has 0 bridgehead atoms. The van der Waals surface area contributed by atoms with E-state index in [1.807, 2.05) is 0 Å². The lowest BCUT2D eigenvalue weighted by Crippen LogP contribution is -2.31. The number of hydrogen-bond donors (Lipinski definition) is 1. The number of benzene rings is 1. The molecule has 0 spiro atoms. The van der Waals surface area contributed by atoms with Crippen LogP contribution in [0.5, 0.6) is 0 Å². The molecular formula is C14H15BrFNO2. The number of likely N-dealkylation sites (tertiary alicyclic amines) is 1. The molecular weight excluding hydrogens is 313 g/mol. The highest BCUT2D eigenvalue weighted by Gasteiger charge is 2.43. The van der Waals surface area contributed by atoms with Crippen molar-refractivity contribution >= 4 is 21.8 Å². The Labute approximate surface area is 119 Å². The maximum Gasteiger partial charge on any atom is 0.255 e. The fourth-order valence-electron chi connectivity index (χ4n) is 3.24. The summed E-state index contributed by atoms with van der Waals surface area (Å²) in [7, 11) is 0. The van der Waals surface area contributed by atoms with Gasteiger partial charge in [0.15, 0.2) is 0 Å². The average molecular weight is 328 g/mol. The minimum absolute atomic E-state index is 0.159. The Morgan fingerprint density at radius 1 is 1.37 bits per heavy atom. The van der Waals surface area contributed by atoms with Gasteiger partial charge in [-0.1, -0.05) is 6.07 Å². The molecule has 1 aliphatic heterocycles. The van der Waals surface area contributed by atoms with E-state index in [1.54, 1.807) is 17.0 Å². The van der Waals surface area contributed by atoms with Gasteiger partial charge in [-0.15, -0.1) is 0 Å². The van der Waals surface area contributed by atoms with Crippen molar-refractivity contribution in [2.24, 2.45) is 11.8 Å². The van der Waals surface area contributed by atoms with Crippen LogP contribution in [0.4, 0.5) is 4.39 Å². The lowest BCUT2D eigenvalue weighted by atomic mass is 10.00. The standard InChI is InChI=1S/C14H15BrFNO2/c15-13-9(2-1-3-11(13)16)14(19)17-6-8-4-5-12(18)10(8)7-17/h1-3,8,10,12,18H,4-7H2. The smallest absolute Gasteiger partial charge is 0.255 e. The van der Waals surface area contributed by atoms with Gasteiger partial charge in [0.2, 0.25) is 0 Å². The summed E-state index contributed by atoms with van der Waals surface area (Å²) in [6.45, 7) is 1.25. The number of rotatable bonds is 1. The quantitative estimate of drug-likeness (QED) is 0.860. The van der Waals surface area contributed by atoms with Gasteiger partial charge < -0.3 is 10.0 Å². The highest BCUT2D eigenvalue weighted by Crippen LogP contribution is 2.38. The van der Waals surface area contributed by atoms with Crippen LogP contribution >= 0.6 is 15.9 Å². The first-order valence-corrected chi connectivity index (χ1v) is 7.28. The molecule has 1 aromatic carbocycles. The number of halogens is 2. The van der Waals surface area contributed by atoms with Gasteiger partial charge in [0, 0.05) is 19.0 Å². The van der Waals surface area contributed by atoms with Crippen molar-refractivity contribution in [2.45, 2.75) is 18.9 Å². The zero-order valence-corrected chi connectivity index (χ0v) is 11.9. The Hall–Kier alpha value is -0.940. The van der Waals surface area contributed by atoms with Crippen LogP contribution in [0, 0.1) is 17.7 Å². The zero-order valence-electron chi connectivity index (χ0n) is 10.4. The second kappa shape index (κ2) is 4.87. The van der Waals surface area contributed by atoms with Gasteiger partial charge in [-0.3, -0.25) is 4.79 Å². The molecule has 1 amide bonds. The molecule has 3 rings (SSSR count). The molecule has 1 saturated heterocycles. The third-order valence-electron chi connectivity index (χ3n) is 4.29. The fourth-order valence-corrected chi connectivity index (χ4v) is 3.68. The second-order valence-corrected chi connectivity index (χ2v) is 6.17. The van der Waals surface area contributed by atoms with E-state index in [1.165, 1.54) is 6.07 Å². The van der Waals surface area contributed by atoms with Gasteiger partial charge in [-0.25, -0.2) is 4.39 Å². The summed E-state index contributed by atoms with van der Waals surface area (Å²) in [5.41, 5.74) is 0.356. The summed E-state index contributed by atoms with van der Waals surface area (Å²) < 4.78 is 13.7. The summed E-state index contributed by atoms with van der Waals surface area (Å²) in [6, 6.07) is 4.49. The second-order valence-electron chi connectivity index (χ2n) is 5.38. The minimum Gasteiger partial charge on any atom is -0.393 e. The van der Waals surface area contributed by atoms with E-state index < -0.39 is 5.82 Å². The van der Waals surface area contributed by atoms with Gasteiger partial charge in [-0.05, 0) is 46.8 Å². The Morgan fingerprint density at radius 2 is 2.16 bits per heavy atom. The molecule has 1 aliphatic carbocycles. The van der Waals surface area contributed by atoms with E-state index in [9.17, 15) is 14.3 Å². The van der Waals surface area contributed by atoms with E-state index in [0.29, 0.717) is 24.6 Å². The molecule has 1 aromatic rings. The molecule has 5 heteroatoms. The third kappa shape index (κ3) is 2.19. The van der Waals surface area contributed by atoms with E-state index in [-0.39, 0.29) is 22.4 Å². The lowest BCUT2D eigenvalue weighted by Gasteiger charge is -2.19. The molecule has 1 heterocycles. The number of amides is 1. The molecule has 0 radical (unpaired) electrons. The summed E-state index contributed by atoms with van der Waals surface area (Å²) in [5, 5.41) is 9.86. The van der Waals surface area contributed by atoms with Crippen LogP contribution < -0.4 is 0 Å². The van der Waals surface area contributed by atoms with Crippen molar-refractivity contribution in [1.82, 2.24) is 4.90 Å². The van der Waals surface area contributed by atoms with Gasteiger partial charge in [0.05, 0.1) is 16.1 Å². The molecule has 2 fully saturated rings. The molecule has 19 heavy (non-hydrogen) atoms. The Kier molecular flexibility index (Phi) is 3.35. The average Bonchev–Trinajstić information content (AvgIpc) is 2.95. The van der Waals surface area contributed by atoms with E-state index >= 15 is 0 Å². The number of fused-ring (bicyclic) bond motifs is 1. The highest BCUT2D eigenvalue weighted by atomic mass is 79.9. The van der Waals surface area contributed by atoms with Gasteiger partial charge in [-0.2, -0.15) is 0 Å². The summed E-state index contributed by atoms with van der Waals surface area (Å²) in [6.07, 6.45) is 1.51. The topological polar surface area (TPSA) is 40.5 Å². The largest absolute Gasteiger partial charge is 0.393 e. The molecule has 0 aromatic heterocycles. The lowest BCUT2D eigenvalue weighted by molar-refractivity contribution is 0.0751. The van der Waals surface area contributed by atoms with E-state index in [2.05, 4.69) is 15.9 Å². The molecule has 1 N–H and O–H groups in total. The SMILES string of the molecule is O=C(c1cccc(F)c1Br)N1CC2CCC(O)C2C1. The number of hydrogen-bond acceptors (Lipinski definition) is 2. The first-order valence-electron chi connectivity index (χ1n) is 6.49. The summed E-state index contributed by atoms with van der Waals surface area (Å²) in [5.74, 6) is 0.000759. The predicted octanol–water partition coefficient (Wildman–Crippen LogP) is 2.43. The van der Waals surface area contributed by atoms with Gasteiger partial charge >= 0.3 is 0 Å². The zero-order chi connectivity index (χ0) is 13.6. The van der Waals surface area contributed by atoms with Crippen molar-refractivity contribution in [3.8, 4) is 0 Å². The van der Waals surface area contributed by atoms with Crippen molar-refractivity contribution in [3.63, 3.8) is 0 Å². The number of aliphatic hydroxyl groups excluding tert-OH is 1. The molecule has 2 aliphatic rings. The Morgan fingerprint density at radius 3 is 2.89 bits per heavy atom. The van der Waals surface area contributed by atoms with Gasteiger partial charge in [0.1, 0.15) is 5.82 Å². The maximum atomic E-state index is 13.5. The van der Waals surface area contributed by atoms with Crippen LogP contribution in [0.1, 0.15) is 23.2 Å². The molecule has 3 unspecified atom stereocenters. The van der Waals surface area contributed by atoms with Gasteiger partial charge in [0.25, 0.3) is 5.91 Å². The summed E-state index contributed by atoms with van der Waals surface area (Å²) >= 11 is 3.13. The Balaban J connectivity index is 1.81. The monoisotopic (exact) mass is 327 g/mol. The van der Waals surface area contributed by atoms with Crippen LogP contribution in [0.3, 0.4) is 0 Å². The normalized spacial score (nSPS) is 29.6. The first-order chi connectivity index (χ1) is 9.08. The molecule has 3 atom stereocenters. The molecule has 102 valence electrons. The van der Waals surface area contributed by atoms with E-state index in [4.69, 9.17) is 0 Å². The first kappa shape index (κ1) is 13.1. The third-order valence-corrected chi connectivity index (χ3v) is 5.09. The van der Waals surface area contributed by atoms with Crippen LogP contribution in [-0.2, 0) is 0 Å². The van der Waals surface area contributed by atoms with Crippen LogP contribution in [0.25, 0.3) is 0 Å². The number of carbonyl (C=O) groups excluding carboxylic acids is 1. The number of nitrogens with zero attached hydrogens (tertiary/aromatic N) is 1. The predicted molar refractivity (Wildman–Crippen MR) is 72.2 cm³/mol. The van der Waals surface area contributed by atoms with Crippen molar-refractivity contribution in [2.75, 3.05) is 13.1 Å². The molecule has 1 saturated carbocycles. The minimum atomic E-state index is -0.426. The number of aliphatic hydroxyl groups is 1. The van der Waals surface area contributed by atoms with Crippen molar-refractivity contribution in [3.05, 3.63) is 34.1 Å². The van der Waals surface area contributed by atoms with Crippen LogP contribution in [-0.4, -0.2) is 35.1 Å². The van der Waals surface area contributed by atoms with Crippen LogP contribution in [0.2, 0.25) is 0 Å². The number of carbonyl (C=O) groups is 1. The Bertz CT molecular complexity index is 522.